The number of carbonyl (C=O) groups is 2. The number of likely N-dealkylation sites (tertiary alicyclic amines) is 1. The lowest BCUT2D eigenvalue weighted by Gasteiger charge is -2.31. The van der Waals surface area contributed by atoms with E-state index in [0.717, 1.165) is 4.90 Å². The van der Waals surface area contributed by atoms with Crippen molar-refractivity contribution in [1.29, 1.82) is 0 Å². The number of aromatic amines is 1. The van der Waals surface area contributed by atoms with E-state index in [0.29, 0.717) is 19.4 Å². The van der Waals surface area contributed by atoms with Gasteiger partial charge in [-0.15, -0.1) is 10.2 Å². The largest absolute Gasteiger partial charge is 0.465 e. The second kappa shape index (κ2) is 5.77. The van der Waals surface area contributed by atoms with E-state index >= 15 is 0 Å². The Morgan fingerprint density at radius 2 is 2.19 bits per heavy atom. The molecule has 1 unspecified atom stereocenters. The van der Waals surface area contributed by atoms with Crippen molar-refractivity contribution in [2.75, 3.05) is 30.8 Å². The predicted molar refractivity (Wildman–Crippen MR) is 72.8 cm³/mol. The molecule has 1 aliphatic rings. The maximum atomic E-state index is 12.4. The summed E-state index contributed by atoms with van der Waals surface area (Å²) >= 11 is 0. The highest BCUT2D eigenvalue weighted by Crippen LogP contribution is 2.19. The van der Waals surface area contributed by atoms with Crippen LogP contribution in [0.5, 0.6) is 0 Å². The number of H-pyrrole nitrogens is 1. The number of hydrogen-bond acceptors (Lipinski definition) is 6. The van der Waals surface area contributed by atoms with Crippen molar-refractivity contribution >= 4 is 23.8 Å². The Morgan fingerprint density at radius 1 is 1.48 bits per heavy atom. The van der Waals surface area contributed by atoms with E-state index in [-0.39, 0.29) is 24.2 Å². The van der Waals surface area contributed by atoms with Gasteiger partial charge in [-0.25, -0.2) is 4.79 Å². The monoisotopic (exact) mass is 296 g/mol. The molecule has 0 aromatic carbocycles. The maximum Gasteiger partial charge on any atom is 0.407 e. The normalized spacial score (nSPS) is 18.3. The highest BCUT2D eigenvalue weighted by atomic mass is 16.4. The molecule has 1 aromatic rings. The number of nitrogens with one attached hydrogen (secondary N) is 1. The van der Waals surface area contributed by atoms with Gasteiger partial charge >= 0.3 is 6.09 Å². The van der Waals surface area contributed by atoms with Crippen LogP contribution in [0.3, 0.4) is 0 Å². The van der Waals surface area contributed by atoms with Gasteiger partial charge < -0.3 is 15.7 Å². The fourth-order valence-electron chi connectivity index (χ4n) is 2.29. The smallest absolute Gasteiger partial charge is 0.407 e. The number of nitrogens with two attached hydrogens (primary N) is 1. The van der Waals surface area contributed by atoms with Gasteiger partial charge in [0.05, 0.1) is 5.92 Å². The zero-order valence-corrected chi connectivity index (χ0v) is 11.4. The van der Waals surface area contributed by atoms with Gasteiger partial charge in [0.15, 0.2) is 0 Å². The summed E-state index contributed by atoms with van der Waals surface area (Å²) in [5.41, 5.74) is 4.67. The number of piperidine rings is 1. The summed E-state index contributed by atoms with van der Waals surface area (Å²) in [6.45, 7) is 0.518. The van der Waals surface area contributed by atoms with Gasteiger partial charge in [-0.2, -0.15) is 0 Å². The minimum atomic E-state index is -1.06. The van der Waals surface area contributed by atoms with Crippen molar-refractivity contribution < 1.29 is 14.7 Å². The molecular weight excluding hydrogens is 280 g/mol. The highest BCUT2D eigenvalue weighted by molar-refractivity contribution is 5.93. The van der Waals surface area contributed by atoms with Gasteiger partial charge in [-0.05, 0) is 12.8 Å². The Morgan fingerprint density at radius 3 is 2.81 bits per heavy atom. The fraction of sp³-hybridized carbons (Fsp3) is 0.545. The molecule has 10 heteroatoms. The first kappa shape index (κ1) is 14.8. The predicted octanol–water partition coefficient (Wildman–Crippen LogP) is -0.900. The zero-order valence-electron chi connectivity index (χ0n) is 11.4. The standard InChI is InChI=1S/C11H16N6O4/c1-16(7-8(18)13-10(12)15-14-7)9(19)6-3-2-4-17(5-6)11(20)21/h6H,2-5H2,1H3,(H,20,21)(H3,12,13,15,18). The first-order valence-corrected chi connectivity index (χ1v) is 6.38. The molecule has 21 heavy (non-hydrogen) atoms. The number of anilines is 2. The molecule has 2 rings (SSSR count). The van der Waals surface area contributed by atoms with Crippen LogP contribution in [0.25, 0.3) is 0 Å². The minimum absolute atomic E-state index is 0.110. The summed E-state index contributed by atoms with van der Waals surface area (Å²) in [5.74, 6) is -1.18. The van der Waals surface area contributed by atoms with Crippen LogP contribution in [0.15, 0.2) is 4.79 Å². The molecule has 1 aliphatic heterocycles. The molecule has 0 radical (unpaired) electrons. The molecule has 2 heterocycles. The van der Waals surface area contributed by atoms with E-state index in [4.69, 9.17) is 10.8 Å². The van der Waals surface area contributed by atoms with Crippen LogP contribution in [0.2, 0.25) is 0 Å². The number of nitrogens with zero attached hydrogens (tertiary/aromatic N) is 4. The van der Waals surface area contributed by atoms with Crippen LogP contribution >= 0.6 is 0 Å². The molecule has 1 fully saturated rings. The number of rotatable bonds is 2. The van der Waals surface area contributed by atoms with Gasteiger partial charge in [0, 0.05) is 20.1 Å². The summed E-state index contributed by atoms with van der Waals surface area (Å²) in [5, 5.41) is 16.1. The van der Waals surface area contributed by atoms with Gasteiger partial charge in [0.2, 0.25) is 17.7 Å². The van der Waals surface area contributed by atoms with Crippen LogP contribution in [0, 0.1) is 5.92 Å². The van der Waals surface area contributed by atoms with Crippen LogP contribution < -0.4 is 16.2 Å². The van der Waals surface area contributed by atoms with Gasteiger partial charge in [0.1, 0.15) is 0 Å². The molecule has 0 bridgehead atoms. The Balaban J connectivity index is 2.15. The zero-order chi connectivity index (χ0) is 15.6. The molecule has 1 aromatic heterocycles. The third-order valence-electron chi connectivity index (χ3n) is 3.39. The van der Waals surface area contributed by atoms with E-state index in [9.17, 15) is 14.4 Å². The van der Waals surface area contributed by atoms with E-state index in [1.807, 2.05) is 0 Å². The van der Waals surface area contributed by atoms with Crippen LogP contribution in [-0.4, -0.2) is 57.3 Å². The van der Waals surface area contributed by atoms with Crippen molar-refractivity contribution in [2.45, 2.75) is 12.8 Å². The first-order valence-electron chi connectivity index (χ1n) is 6.38. The SMILES string of the molecule is CN(C(=O)C1CCCN(C(=O)O)C1)c1nnc(N)[nH]c1=O. The Hall–Kier alpha value is -2.65. The number of carboxylic acid groups (broad SMARTS) is 1. The average Bonchev–Trinajstić information content (AvgIpc) is 2.46. The number of hydrogen-bond donors (Lipinski definition) is 3. The molecule has 0 spiro atoms. The summed E-state index contributed by atoms with van der Waals surface area (Å²) < 4.78 is 0. The highest BCUT2D eigenvalue weighted by Gasteiger charge is 2.31. The molecular formula is C11H16N6O4. The van der Waals surface area contributed by atoms with Gasteiger partial charge in [0.25, 0.3) is 5.56 Å². The van der Waals surface area contributed by atoms with E-state index in [2.05, 4.69) is 15.2 Å². The van der Waals surface area contributed by atoms with E-state index in [1.54, 1.807) is 0 Å². The van der Waals surface area contributed by atoms with Crippen LogP contribution in [-0.2, 0) is 4.79 Å². The fourth-order valence-corrected chi connectivity index (χ4v) is 2.29. The molecule has 2 amide bonds. The average molecular weight is 296 g/mol. The van der Waals surface area contributed by atoms with Crippen molar-refractivity contribution in [3.8, 4) is 0 Å². The third kappa shape index (κ3) is 3.09. The number of amides is 2. The first-order chi connectivity index (χ1) is 9.90. The maximum absolute atomic E-state index is 12.4. The van der Waals surface area contributed by atoms with Crippen LogP contribution in [0.1, 0.15) is 12.8 Å². The Bertz CT molecular complexity index is 615. The number of carbonyl (C=O) groups excluding carboxylic acids is 1. The second-order valence-corrected chi connectivity index (χ2v) is 4.83. The molecule has 10 nitrogen and oxygen atoms in total. The van der Waals surface area contributed by atoms with Gasteiger partial charge in [-0.3, -0.25) is 19.5 Å². The number of nitrogen functional groups attached to an aromatic ring is 1. The molecule has 0 saturated carbocycles. The minimum Gasteiger partial charge on any atom is -0.465 e. The topological polar surface area (TPSA) is 146 Å². The lowest BCUT2D eigenvalue weighted by molar-refractivity contribution is -0.123. The van der Waals surface area contributed by atoms with E-state index < -0.39 is 17.6 Å². The molecule has 1 atom stereocenters. The molecule has 114 valence electrons. The lowest BCUT2D eigenvalue weighted by atomic mass is 9.97. The van der Waals surface area contributed by atoms with Gasteiger partial charge in [-0.1, -0.05) is 0 Å². The van der Waals surface area contributed by atoms with Crippen molar-refractivity contribution in [1.82, 2.24) is 20.1 Å². The Kier molecular flexibility index (Phi) is 4.05. The second-order valence-electron chi connectivity index (χ2n) is 4.83. The molecule has 4 N–H and O–H groups in total. The summed E-state index contributed by atoms with van der Waals surface area (Å²) in [6, 6.07) is 0. The molecule has 0 aliphatic carbocycles. The Labute approximate surface area is 119 Å². The van der Waals surface area contributed by atoms with Crippen molar-refractivity contribution in [2.24, 2.45) is 5.92 Å². The van der Waals surface area contributed by atoms with E-state index in [1.165, 1.54) is 11.9 Å². The summed E-state index contributed by atoms with van der Waals surface area (Å²) in [7, 11) is 1.40. The van der Waals surface area contributed by atoms with Crippen molar-refractivity contribution in [3.63, 3.8) is 0 Å². The third-order valence-corrected chi connectivity index (χ3v) is 3.39. The number of aromatic nitrogens is 3. The summed E-state index contributed by atoms with van der Waals surface area (Å²) in [6.07, 6.45) is 0.105. The van der Waals surface area contributed by atoms with Crippen molar-refractivity contribution in [3.05, 3.63) is 10.4 Å². The lowest BCUT2D eigenvalue weighted by Crippen LogP contribution is -2.46. The summed E-state index contributed by atoms with van der Waals surface area (Å²) in [4.78, 5) is 39.6. The molecule has 1 saturated heterocycles. The quantitative estimate of drug-likeness (QED) is 0.641. The van der Waals surface area contributed by atoms with Crippen LogP contribution in [0.4, 0.5) is 16.6 Å².